The molecule has 0 fully saturated rings. The van der Waals surface area contributed by atoms with E-state index < -0.39 is 0 Å². The third-order valence-electron chi connectivity index (χ3n) is 3.05. The number of nitrogens with one attached hydrogen (secondary N) is 1. The maximum atomic E-state index is 5.70. The van der Waals surface area contributed by atoms with Crippen LogP contribution in [0.2, 0.25) is 0 Å². The molecule has 0 amide bonds. The third-order valence-corrected chi connectivity index (χ3v) is 4.57. The van der Waals surface area contributed by atoms with Crippen molar-refractivity contribution in [2.45, 2.75) is 19.9 Å². The van der Waals surface area contributed by atoms with Crippen molar-refractivity contribution < 1.29 is 0 Å². The molecular formula is C13H15BrN2S. The number of rotatable bonds is 3. The highest BCUT2D eigenvalue weighted by Gasteiger charge is 2.16. The molecule has 4 heteroatoms. The van der Waals surface area contributed by atoms with Crippen LogP contribution in [0, 0.1) is 13.8 Å². The van der Waals surface area contributed by atoms with E-state index in [1.54, 1.807) is 11.3 Å². The quantitative estimate of drug-likeness (QED) is 0.670. The summed E-state index contributed by atoms with van der Waals surface area (Å²) < 4.78 is 1.12. The molecule has 0 aliphatic rings. The van der Waals surface area contributed by atoms with Gasteiger partial charge in [0.25, 0.3) is 0 Å². The van der Waals surface area contributed by atoms with Crippen LogP contribution in [0.15, 0.2) is 33.4 Å². The van der Waals surface area contributed by atoms with E-state index >= 15 is 0 Å². The standard InChI is InChI=1S/C13H15BrN2S/c1-8-4-3-5-11(9(8)2)13(16-15)10-6-12(14)17-7-10/h3-7,13,16H,15H2,1-2H3. The fourth-order valence-corrected chi connectivity index (χ4v) is 3.13. The predicted octanol–water partition coefficient (Wildman–Crippen LogP) is 3.68. The molecule has 2 rings (SSSR count). The number of hydrogen-bond donors (Lipinski definition) is 2. The van der Waals surface area contributed by atoms with Gasteiger partial charge in [0, 0.05) is 0 Å². The fraction of sp³-hybridized carbons (Fsp3) is 0.231. The molecule has 0 radical (unpaired) electrons. The Morgan fingerprint density at radius 2 is 2.12 bits per heavy atom. The van der Waals surface area contributed by atoms with Crippen molar-refractivity contribution in [2.75, 3.05) is 0 Å². The molecule has 0 spiro atoms. The molecule has 1 heterocycles. The molecule has 90 valence electrons. The SMILES string of the molecule is Cc1cccc(C(NN)c2csc(Br)c2)c1C. The lowest BCUT2D eigenvalue weighted by molar-refractivity contribution is 0.635. The van der Waals surface area contributed by atoms with Gasteiger partial charge in [-0.25, -0.2) is 5.43 Å². The summed E-state index contributed by atoms with van der Waals surface area (Å²) in [4.78, 5) is 0. The van der Waals surface area contributed by atoms with E-state index in [4.69, 9.17) is 5.84 Å². The van der Waals surface area contributed by atoms with Crippen LogP contribution < -0.4 is 11.3 Å². The Morgan fingerprint density at radius 1 is 1.35 bits per heavy atom. The van der Waals surface area contributed by atoms with Gasteiger partial charge in [0.2, 0.25) is 0 Å². The van der Waals surface area contributed by atoms with E-state index in [9.17, 15) is 0 Å². The van der Waals surface area contributed by atoms with Gasteiger partial charge in [-0.1, -0.05) is 18.2 Å². The number of hydrazine groups is 1. The Labute approximate surface area is 114 Å². The second kappa shape index (κ2) is 5.31. The molecule has 2 aromatic rings. The summed E-state index contributed by atoms with van der Waals surface area (Å²) in [6.07, 6.45) is 0. The van der Waals surface area contributed by atoms with Gasteiger partial charge >= 0.3 is 0 Å². The Kier molecular flexibility index (Phi) is 3.99. The summed E-state index contributed by atoms with van der Waals surface area (Å²) in [5.41, 5.74) is 7.91. The largest absolute Gasteiger partial charge is 0.271 e. The first-order valence-electron chi connectivity index (χ1n) is 5.39. The van der Waals surface area contributed by atoms with Gasteiger partial charge in [-0.15, -0.1) is 11.3 Å². The third kappa shape index (κ3) is 2.60. The number of halogens is 1. The molecule has 3 N–H and O–H groups in total. The molecule has 0 aliphatic carbocycles. The van der Waals surface area contributed by atoms with Crippen LogP contribution in [0.1, 0.15) is 28.3 Å². The van der Waals surface area contributed by atoms with E-state index in [-0.39, 0.29) is 6.04 Å². The molecule has 1 aromatic carbocycles. The van der Waals surface area contributed by atoms with Crippen LogP contribution in [0.25, 0.3) is 0 Å². The van der Waals surface area contributed by atoms with Gasteiger partial charge in [-0.05, 0) is 63.5 Å². The maximum Gasteiger partial charge on any atom is 0.0721 e. The summed E-state index contributed by atoms with van der Waals surface area (Å²) in [7, 11) is 0. The minimum absolute atomic E-state index is 0.0532. The lowest BCUT2D eigenvalue weighted by Crippen LogP contribution is -2.29. The van der Waals surface area contributed by atoms with Crippen molar-refractivity contribution in [3.8, 4) is 0 Å². The fourth-order valence-electron chi connectivity index (χ4n) is 1.93. The summed E-state index contributed by atoms with van der Waals surface area (Å²) in [6.45, 7) is 4.26. The van der Waals surface area contributed by atoms with Crippen LogP contribution in [-0.4, -0.2) is 0 Å². The molecule has 2 nitrogen and oxygen atoms in total. The van der Waals surface area contributed by atoms with Crippen LogP contribution >= 0.6 is 27.3 Å². The molecular weight excluding hydrogens is 296 g/mol. The van der Waals surface area contributed by atoms with Crippen molar-refractivity contribution in [3.63, 3.8) is 0 Å². The first-order valence-corrected chi connectivity index (χ1v) is 7.07. The van der Waals surface area contributed by atoms with Crippen molar-refractivity contribution in [2.24, 2.45) is 5.84 Å². The molecule has 0 saturated heterocycles. The van der Waals surface area contributed by atoms with Crippen molar-refractivity contribution in [3.05, 3.63) is 55.7 Å². The number of nitrogens with two attached hydrogens (primary N) is 1. The minimum atomic E-state index is 0.0532. The Balaban J connectivity index is 2.45. The number of hydrogen-bond acceptors (Lipinski definition) is 3. The second-order valence-electron chi connectivity index (χ2n) is 4.07. The number of thiophene rings is 1. The Morgan fingerprint density at radius 3 is 2.71 bits per heavy atom. The van der Waals surface area contributed by atoms with E-state index in [0.29, 0.717) is 0 Å². The topological polar surface area (TPSA) is 38.0 Å². The van der Waals surface area contributed by atoms with Crippen molar-refractivity contribution in [1.29, 1.82) is 0 Å². The zero-order valence-corrected chi connectivity index (χ0v) is 12.2. The van der Waals surface area contributed by atoms with Crippen LogP contribution in [0.3, 0.4) is 0 Å². The second-order valence-corrected chi connectivity index (χ2v) is 6.36. The van der Waals surface area contributed by atoms with E-state index in [2.05, 4.69) is 64.8 Å². The normalized spacial score (nSPS) is 12.7. The number of aryl methyl sites for hydroxylation is 1. The van der Waals surface area contributed by atoms with Crippen LogP contribution in [-0.2, 0) is 0 Å². The lowest BCUT2D eigenvalue weighted by atomic mass is 9.94. The van der Waals surface area contributed by atoms with Gasteiger partial charge < -0.3 is 0 Å². The molecule has 17 heavy (non-hydrogen) atoms. The summed E-state index contributed by atoms with van der Waals surface area (Å²) in [5.74, 6) is 5.70. The van der Waals surface area contributed by atoms with E-state index in [0.717, 1.165) is 3.79 Å². The first-order chi connectivity index (χ1) is 8.13. The molecule has 1 atom stereocenters. The summed E-state index contributed by atoms with van der Waals surface area (Å²) >= 11 is 5.16. The Hall–Kier alpha value is -0.680. The summed E-state index contributed by atoms with van der Waals surface area (Å²) in [5, 5.41) is 2.12. The predicted molar refractivity (Wildman–Crippen MR) is 77.1 cm³/mol. The van der Waals surface area contributed by atoms with E-state index in [1.165, 1.54) is 22.3 Å². The average Bonchev–Trinajstić information content (AvgIpc) is 2.72. The zero-order chi connectivity index (χ0) is 12.4. The van der Waals surface area contributed by atoms with E-state index in [1.807, 2.05) is 0 Å². The van der Waals surface area contributed by atoms with Crippen LogP contribution in [0.4, 0.5) is 0 Å². The highest BCUT2D eigenvalue weighted by molar-refractivity contribution is 9.11. The number of benzene rings is 1. The lowest BCUT2D eigenvalue weighted by Gasteiger charge is -2.18. The van der Waals surface area contributed by atoms with Gasteiger partial charge in [-0.2, -0.15) is 0 Å². The summed E-state index contributed by atoms with van der Waals surface area (Å²) in [6, 6.07) is 8.48. The molecule has 0 bridgehead atoms. The van der Waals surface area contributed by atoms with Crippen molar-refractivity contribution >= 4 is 27.3 Å². The highest BCUT2D eigenvalue weighted by Crippen LogP contribution is 2.31. The van der Waals surface area contributed by atoms with Gasteiger partial charge in [0.15, 0.2) is 0 Å². The minimum Gasteiger partial charge on any atom is -0.271 e. The van der Waals surface area contributed by atoms with Gasteiger partial charge in [0.1, 0.15) is 0 Å². The monoisotopic (exact) mass is 310 g/mol. The van der Waals surface area contributed by atoms with Crippen molar-refractivity contribution in [1.82, 2.24) is 5.43 Å². The molecule has 0 saturated carbocycles. The Bertz CT molecular complexity index is 522. The molecule has 0 aliphatic heterocycles. The molecule has 1 aromatic heterocycles. The molecule has 1 unspecified atom stereocenters. The maximum absolute atomic E-state index is 5.70. The van der Waals surface area contributed by atoms with Gasteiger partial charge in [0.05, 0.1) is 9.83 Å². The smallest absolute Gasteiger partial charge is 0.0721 e. The first kappa shape index (κ1) is 12.8. The average molecular weight is 311 g/mol. The van der Waals surface area contributed by atoms with Crippen LogP contribution in [0.5, 0.6) is 0 Å². The van der Waals surface area contributed by atoms with Gasteiger partial charge in [-0.3, -0.25) is 5.84 Å². The highest BCUT2D eigenvalue weighted by atomic mass is 79.9. The zero-order valence-electron chi connectivity index (χ0n) is 9.83.